The fourth-order valence-electron chi connectivity index (χ4n) is 1.88. The molecule has 1 aromatic carbocycles. The van der Waals surface area contributed by atoms with Gasteiger partial charge in [-0.25, -0.2) is 4.39 Å². The van der Waals surface area contributed by atoms with Gasteiger partial charge >= 0.3 is 0 Å². The number of carbonyl (C=O) groups is 1. The summed E-state index contributed by atoms with van der Waals surface area (Å²) in [5.74, 6) is 0.0476. The molecule has 3 rings (SSSR count). The topological polar surface area (TPSA) is 81.2 Å². The Bertz CT molecular complexity index is 848. The maximum absolute atomic E-state index is 13.5. The molecule has 0 saturated carbocycles. The number of carbonyl (C=O) groups excluding carboxylic acids is 1. The fourth-order valence-corrected chi connectivity index (χ4v) is 2.56. The second-order valence-corrected chi connectivity index (χ2v) is 6.36. The maximum atomic E-state index is 13.5. The normalized spacial score (nSPS) is 12.1. The lowest BCUT2D eigenvalue weighted by Crippen LogP contribution is -2.22. The second-order valence-electron chi connectivity index (χ2n) is 5.06. The number of amides is 1. The van der Waals surface area contributed by atoms with Crippen molar-refractivity contribution in [1.29, 1.82) is 0 Å². The summed E-state index contributed by atoms with van der Waals surface area (Å²) < 4.78 is 24.1. The molecule has 1 unspecified atom stereocenters. The minimum atomic E-state index is -0.501. The van der Waals surface area contributed by atoms with E-state index in [1.165, 1.54) is 12.3 Å². The smallest absolute Gasteiger partial charge is 0.284 e. The Kier molecular flexibility index (Phi) is 4.66. The third kappa shape index (κ3) is 3.65. The van der Waals surface area contributed by atoms with Gasteiger partial charge < -0.3 is 14.2 Å². The van der Waals surface area contributed by atoms with Crippen molar-refractivity contribution in [2.45, 2.75) is 24.3 Å². The molecule has 0 radical (unpaired) electrons. The van der Waals surface area contributed by atoms with Crippen LogP contribution >= 0.6 is 11.8 Å². The van der Waals surface area contributed by atoms with E-state index < -0.39 is 5.25 Å². The van der Waals surface area contributed by atoms with Gasteiger partial charge in [-0.15, -0.1) is 10.2 Å². The number of furan rings is 1. The van der Waals surface area contributed by atoms with E-state index in [4.69, 9.17) is 8.83 Å². The summed E-state index contributed by atoms with van der Waals surface area (Å²) in [6, 6.07) is 7.95. The minimum Gasteiger partial charge on any atom is -0.459 e. The second kappa shape index (κ2) is 6.88. The standard InChI is InChI=1S/C16H14FN3O3S/c1-9-5-6-11(8-12(9)17)18-14(21)10(2)24-16-20-19-15(23-16)13-4-3-7-22-13/h3-8,10H,1-2H3,(H,18,21). The summed E-state index contributed by atoms with van der Waals surface area (Å²) in [7, 11) is 0. The maximum Gasteiger partial charge on any atom is 0.284 e. The molecule has 1 N–H and O–H groups in total. The van der Waals surface area contributed by atoms with Gasteiger partial charge in [0.15, 0.2) is 5.76 Å². The highest BCUT2D eigenvalue weighted by atomic mass is 32.2. The predicted octanol–water partition coefficient (Wildman–Crippen LogP) is 3.90. The van der Waals surface area contributed by atoms with Crippen LogP contribution in [0.15, 0.2) is 50.7 Å². The lowest BCUT2D eigenvalue weighted by molar-refractivity contribution is -0.115. The Hall–Kier alpha value is -2.61. The van der Waals surface area contributed by atoms with Gasteiger partial charge in [-0.2, -0.15) is 0 Å². The Morgan fingerprint density at radius 2 is 2.17 bits per heavy atom. The molecule has 24 heavy (non-hydrogen) atoms. The van der Waals surface area contributed by atoms with E-state index in [0.29, 0.717) is 17.0 Å². The van der Waals surface area contributed by atoms with Crippen LogP contribution in [-0.4, -0.2) is 21.4 Å². The van der Waals surface area contributed by atoms with Crippen LogP contribution in [0.3, 0.4) is 0 Å². The van der Waals surface area contributed by atoms with Crippen molar-refractivity contribution in [3.8, 4) is 11.7 Å². The first-order valence-corrected chi connectivity index (χ1v) is 8.02. The zero-order chi connectivity index (χ0) is 17.1. The van der Waals surface area contributed by atoms with E-state index in [1.807, 2.05) is 0 Å². The molecule has 0 fully saturated rings. The van der Waals surface area contributed by atoms with Gasteiger partial charge in [0.2, 0.25) is 5.91 Å². The van der Waals surface area contributed by atoms with Crippen molar-refractivity contribution in [3.63, 3.8) is 0 Å². The van der Waals surface area contributed by atoms with Crippen molar-refractivity contribution >= 4 is 23.4 Å². The molecule has 0 aliphatic heterocycles. The molecule has 1 atom stereocenters. The number of hydrogen-bond donors (Lipinski definition) is 1. The number of thioether (sulfide) groups is 1. The number of aryl methyl sites for hydroxylation is 1. The van der Waals surface area contributed by atoms with Crippen molar-refractivity contribution in [1.82, 2.24) is 10.2 Å². The number of benzene rings is 1. The number of hydrogen-bond acceptors (Lipinski definition) is 6. The van der Waals surface area contributed by atoms with Crippen LogP contribution in [0.5, 0.6) is 0 Å². The molecular formula is C16H14FN3O3S. The molecule has 1 amide bonds. The summed E-state index contributed by atoms with van der Waals surface area (Å²) in [6.45, 7) is 3.35. The average molecular weight is 347 g/mol. The van der Waals surface area contributed by atoms with Crippen LogP contribution in [0.25, 0.3) is 11.7 Å². The van der Waals surface area contributed by atoms with Crippen molar-refractivity contribution < 1.29 is 18.0 Å². The fraction of sp³-hybridized carbons (Fsp3) is 0.188. The molecule has 6 nitrogen and oxygen atoms in total. The number of anilines is 1. The Morgan fingerprint density at radius 3 is 2.88 bits per heavy atom. The van der Waals surface area contributed by atoms with E-state index in [9.17, 15) is 9.18 Å². The minimum absolute atomic E-state index is 0.246. The van der Waals surface area contributed by atoms with E-state index in [-0.39, 0.29) is 22.8 Å². The van der Waals surface area contributed by atoms with Crippen molar-refractivity contribution in [2.24, 2.45) is 0 Å². The number of halogens is 1. The van der Waals surface area contributed by atoms with Gasteiger partial charge in [0, 0.05) is 5.69 Å². The molecule has 0 bridgehead atoms. The highest BCUT2D eigenvalue weighted by Crippen LogP contribution is 2.27. The lowest BCUT2D eigenvalue weighted by Gasteiger charge is -2.10. The largest absolute Gasteiger partial charge is 0.459 e. The molecule has 0 saturated heterocycles. The summed E-state index contributed by atoms with van der Waals surface area (Å²) >= 11 is 1.11. The highest BCUT2D eigenvalue weighted by Gasteiger charge is 2.19. The van der Waals surface area contributed by atoms with E-state index in [1.54, 1.807) is 38.1 Å². The molecule has 124 valence electrons. The predicted molar refractivity (Wildman–Crippen MR) is 87.1 cm³/mol. The highest BCUT2D eigenvalue weighted by molar-refractivity contribution is 8.00. The van der Waals surface area contributed by atoms with Crippen LogP contribution in [-0.2, 0) is 4.79 Å². The average Bonchev–Trinajstić information content (AvgIpc) is 3.21. The van der Waals surface area contributed by atoms with E-state index in [0.717, 1.165) is 11.8 Å². The van der Waals surface area contributed by atoms with E-state index >= 15 is 0 Å². The third-order valence-corrected chi connectivity index (χ3v) is 4.16. The molecular weight excluding hydrogens is 333 g/mol. The first kappa shape index (κ1) is 16.3. The van der Waals surface area contributed by atoms with Crippen LogP contribution < -0.4 is 5.32 Å². The molecule has 2 heterocycles. The zero-order valence-corrected chi connectivity index (χ0v) is 13.8. The van der Waals surface area contributed by atoms with Crippen LogP contribution in [0, 0.1) is 12.7 Å². The molecule has 0 spiro atoms. The summed E-state index contributed by atoms with van der Waals surface area (Å²) in [5.41, 5.74) is 0.920. The summed E-state index contributed by atoms with van der Waals surface area (Å²) in [4.78, 5) is 12.2. The summed E-state index contributed by atoms with van der Waals surface area (Å²) in [5, 5.41) is 10.1. The lowest BCUT2D eigenvalue weighted by atomic mass is 10.2. The third-order valence-electron chi connectivity index (χ3n) is 3.22. The van der Waals surface area contributed by atoms with Crippen LogP contribution in [0.1, 0.15) is 12.5 Å². The number of nitrogens with one attached hydrogen (secondary N) is 1. The number of aromatic nitrogens is 2. The molecule has 2 aromatic heterocycles. The monoisotopic (exact) mass is 347 g/mol. The van der Waals surface area contributed by atoms with Crippen LogP contribution in [0.4, 0.5) is 10.1 Å². The number of nitrogens with zero attached hydrogens (tertiary/aromatic N) is 2. The Morgan fingerprint density at radius 1 is 1.33 bits per heavy atom. The Balaban J connectivity index is 1.62. The quantitative estimate of drug-likeness (QED) is 0.705. The van der Waals surface area contributed by atoms with Crippen molar-refractivity contribution in [3.05, 3.63) is 48.0 Å². The molecule has 0 aliphatic carbocycles. The van der Waals surface area contributed by atoms with E-state index in [2.05, 4.69) is 15.5 Å². The number of rotatable bonds is 5. The van der Waals surface area contributed by atoms with Gasteiger partial charge in [-0.1, -0.05) is 17.8 Å². The molecule has 3 aromatic rings. The van der Waals surface area contributed by atoms with Gasteiger partial charge in [-0.3, -0.25) is 4.79 Å². The van der Waals surface area contributed by atoms with Gasteiger partial charge in [0.05, 0.1) is 11.5 Å². The van der Waals surface area contributed by atoms with Gasteiger partial charge in [-0.05, 0) is 43.7 Å². The van der Waals surface area contributed by atoms with Crippen molar-refractivity contribution in [2.75, 3.05) is 5.32 Å². The summed E-state index contributed by atoms with van der Waals surface area (Å²) in [6.07, 6.45) is 1.50. The SMILES string of the molecule is Cc1ccc(NC(=O)C(C)Sc2nnc(-c3ccco3)o2)cc1F. The Labute approximate surface area is 141 Å². The van der Waals surface area contributed by atoms with Crippen LogP contribution in [0.2, 0.25) is 0 Å². The van der Waals surface area contributed by atoms with Gasteiger partial charge in [0.1, 0.15) is 5.82 Å². The first-order chi connectivity index (χ1) is 11.5. The first-order valence-electron chi connectivity index (χ1n) is 7.14. The molecule has 0 aliphatic rings. The zero-order valence-electron chi connectivity index (χ0n) is 12.9. The van der Waals surface area contributed by atoms with Gasteiger partial charge in [0.25, 0.3) is 11.1 Å². The molecule has 8 heteroatoms.